The van der Waals surface area contributed by atoms with Gasteiger partial charge in [-0.2, -0.15) is 13.2 Å². The zero-order valence-corrected chi connectivity index (χ0v) is 20.1. The van der Waals surface area contributed by atoms with Crippen molar-refractivity contribution >= 4 is 29.5 Å². The van der Waals surface area contributed by atoms with E-state index in [1.165, 1.54) is 24.3 Å². The molecule has 0 heterocycles. The fourth-order valence-electron chi connectivity index (χ4n) is 3.23. The summed E-state index contributed by atoms with van der Waals surface area (Å²) in [5.41, 5.74) is 0.0991. The number of carboxylic acid groups (broad SMARTS) is 1. The van der Waals surface area contributed by atoms with Crippen LogP contribution >= 0.6 is 0 Å². The molecular formula is C27H22F3NO7. The Morgan fingerprint density at radius 2 is 1.24 bits per heavy atom. The van der Waals surface area contributed by atoms with Crippen molar-refractivity contribution in [3.8, 4) is 0 Å². The molecule has 38 heavy (non-hydrogen) atoms. The number of aryl methyl sites for hydroxylation is 2. The number of benzene rings is 3. The van der Waals surface area contributed by atoms with Crippen LogP contribution in [0.3, 0.4) is 0 Å². The molecule has 1 amide bonds. The van der Waals surface area contributed by atoms with E-state index in [2.05, 4.69) is 5.32 Å². The Labute approximate surface area is 215 Å². The highest BCUT2D eigenvalue weighted by atomic mass is 19.4. The average molecular weight is 529 g/mol. The van der Waals surface area contributed by atoms with Crippen LogP contribution in [0.1, 0.15) is 37.4 Å². The molecule has 0 aromatic heterocycles. The van der Waals surface area contributed by atoms with E-state index in [-0.39, 0.29) is 16.8 Å². The molecule has 2 N–H and O–H groups in total. The van der Waals surface area contributed by atoms with Crippen LogP contribution in [0.15, 0.2) is 72.8 Å². The number of halogens is 3. The van der Waals surface area contributed by atoms with Gasteiger partial charge in [0, 0.05) is 5.69 Å². The van der Waals surface area contributed by atoms with E-state index < -0.39 is 47.8 Å². The third kappa shape index (κ3) is 7.19. The summed E-state index contributed by atoms with van der Waals surface area (Å²) in [6.45, 7) is 3.51. The largest absolute Gasteiger partial charge is 0.478 e. The molecule has 11 heteroatoms. The number of carboxylic acids is 1. The molecule has 0 spiro atoms. The van der Waals surface area contributed by atoms with Crippen molar-refractivity contribution in [3.05, 3.63) is 101 Å². The van der Waals surface area contributed by atoms with Gasteiger partial charge in [-0.3, -0.25) is 4.79 Å². The van der Waals surface area contributed by atoms with E-state index in [0.29, 0.717) is 6.07 Å². The minimum Gasteiger partial charge on any atom is -0.478 e. The van der Waals surface area contributed by atoms with Gasteiger partial charge in [-0.05, 0) is 56.3 Å². The Kier molecular flexibility index (Phi) is 8.51. The van der Waals surface area contributed by atoms with Gasteiger partial charge < -0.3 is 19.9 Å². The smallest absolute Gasteiger partial charge is 0.416 e. The Hall–Kier alpha value is -4.67. The van der Waals surface area contributed by atoms with Gasteiger partial charge in [0.2, 0.25) is 12.2 Å². The maximum Gasteiger partial charge on any atom is 0.416 e. The Morgan fingerprint density at radius 1 is 0.763 bits per heavy atom. The molecule has 0 aliphatic heterocycles. The van der Waals surface area contributed by atoms with Crippen LogP contribution in [0.4, 0.5) is 18.9 Å². The summed E-state index contributed by atoms with van der Waals surface area (Å²) < 4.78 is 49.5. The van der Waals surface area contributed by atoms with Gasteiger partial charge in [-0.25, -0.2) is 14.4 Å². The molecule has 8 nitrogen and oxygen atoms in total. The van der Waals surface area contributed by atoms with Crippen LogP contribution in [-0.4, -0.2) is 41.1 Å². The second kappa shape index (κ2) is 11.6. The van der Waals surface area contributed by atoms with Crippen molar-refractivity contribution in [2.24, 2.45) is 0 Å². The van der Waals surface area contributed by atoms with Crippen molar-refractivity contribution in [2.45, 2.75) is 32.2 Å². The van der Waals surface area contributed by atoms with Crippen molar-refractivity contribution in [1.82, 2.24) is 0 Å². The highest BCUT2D eigenvalue weighted by Crippen LogP contribution is 2.30. The minimum absolute atomic E-state index is 0.0382. The fourth-order valence-corrected chi connectivity index (χ4v) is 3.23. The Morgan fingerprint density at radius 3 is 1.68 bits per heavy atom. The number of amides is 1. The number of carbonyl (C=O) groups excluding carboxylic acids is 3. The lowest BCUT2D eigenvalue weighted by Crippen LogP contribution is -2.48. The van der Waals surface area contributed by atoms with Crippen LogP contribution in [0.2, 0.25) is 0 Å². The van der Waals surface area contributed by atoms with E-state index in [1.807, 2.05) is 0 Å². The van der Waals surface area contributed by atoms with E-state index in [0.717, 1.165) is 29.3 Å². The van der Waals surface area contributed by atoms with Crippen LogP contribution in [0, 0.1) is 13.8 Å². The topological polar surface area (TPSA) is 119 Å². The van der Waals surface area contributed by atoms with Gasteiger partial charge >= 0.3 is 24.1 Å². The quantitative estimate of drug-likeness (QED) is 0.403. The second-order valence-electron chi connectivity index (χ2n) is 8.29. The number of nitrogens with one attached hydrogen (secondary N) is 1. The first kappa shape index (κ1) is 27.9. The molecule has 0 saturated heterocycles. The molecule has 0 aliphatic carbocycles. The minimum atomic E-state index is -4.72. The SMILES string of the molecule is Cc1ccc(C(=O)O[C@H](C(=O)O)[C@@H](OC(=O)c2ccc(C)cc2)C(=O)Nc2cccc(C(F)(F)F)c2)cc1. The molecule has 0 bridgehead atoms. The number of hydrogen-bond donors (Lipinski definition) is 2. The highest BCUT2D eigenvalue weighted by Gasteiger charge is 2.41. The van der Waals surface area contributed by atoms with Gasteiger partial charge in [-0.1, -0.05) is 41.5 Å². The molecular weight excluding hydrogens is 507 g/mol. The number of alkyl halides is 3. The van der Waals surface area contributed by atoms with Gasteiger partial charge in [0.1, 0.15) is 0 Å². The lowest BCUT2D eigenvalue weighted by molar-refractivity contribution is -0.157. The van der Waals surface area contributed by atoms with Crippen LogP contribution in [0.5, 0.6) is 0 Å². The third-order valence-electron chi connectivity index (χ3n) is 5.28. The number of aliphatic carboxylic acids is 1. The highest BCUT2D eigenvalue weighted by molar-refractivity contribution is 6.01. The summed E-state index contributed by atoms with van der Waals surface area (Å²) in [5.74, 6) is -5.40. The fraction of sp³-hybridized carbons (Fsp3) is 0.185. The second-order valence-corrected chi connectivity index (χ2v) is 8.29. The van der Waals surface area contributed by atoms with Gasteiger partial charge in [0.15, 0.2) is 0 Å². The Bertz CT molecular complexity index is 1340. The van der Waals surface area contributed by atoms with Gasteiger partial charge in [0.25, 0.3) is 5.91 Å². The predicted molar refractivity (Wildman–Crippen MR) is 128 cm³/mol. The molecule has 2 atom stereocenters. The number of ether oxygens (including phenoxy) is 2. The number of esters is 2. The van der Waals surface area contributed by atoms with E-state index in [4.69, 9.17) is 9.47 Å². The Balaban J connectivity index is 1.93. The zero-order chi connectivity index (χ0) is 28.0. The summed E-state index contributed by atoms with van der Waals surface area (Å²) in [5, 5.41) is 11.9. The lowest BCUT2D eigenvalue weighted by Gasteiger charge is -2.24. The maximum atomic E-state index is 13.1. The van der Waals surface area contributed by atoms with Crippen molar-refractivity contribution < 1.29 is 46.9 Å². The average Bonchev–Trinajstić information content (AvgIpc) is 2.86. The van der Waals surface area contributed by atoms with Crippen LogP contribution in [-0.2, 0) is 25.2 Å². The van der Waals surface area contributed by atoms with Crippen LogP contribution < -0.4 is 5.32 Å². The van der Waals surface area contributed by atoms with Crippen molar-refractivity contribution in [3.63, 3.8) is 0 Å². The van der Waals surface area contributed by atoms with E-state index in [9.17, 15) is 37.5 Å². The summed E-state index contributed by atoms with van der Waals surface area (Å²) in [7, 11) is 0. The van der Waals surface area contributed by atoms with Gasteiger partial charge in [-0.15, -0.1) is 0 Å². The number of anilines is 1. The summed E-state index contributed by atoms with van der Waals surface area (Å²) >= 11 is 0. The monoisotopic (exact) mass is 529 g/mol. The molecule has 0 saturated carbocycles. The number of carbonyl (C=O) groups is 4. The molecule has 3 aromatic carbocycles. The first-order chi connectivity index (χ1) is 17.8. The molecule has 0 fully saturated rings. The standard InChI is InChI=1S/C27H22F3NO7/c1-15-6-10-17(11-7-15)25(35)37-21(23(32)31-20-5-3-4-19(14-20)27(28,29)30)22(24(33)34)38-26(36)18-12-8-16(2)9-13-18/h3-14,21-22H,1-2H3,(H,31,32)(H,33,34)/t21-,22+/m1/s1. The molecule has 3 aromatic rings. The predicted octanol–water partition coefficient (Wildman–Crippen LogP) is 4.80. The van der Waals surface area contributed by atoms with Gasteiger partial charge in [0.05, 0.1) is 16.7 Å². The van der Waals surface area contributed by atoms with E-state index >= 15 is 0 Å². The van der Waals surface area contributed by atoms with Crippen molar-refractivity contribution in [1.29, 1.82) is 0 Å². The van der Waals surface area contributed by atoms with Crippen molar-refractivity contribution in [2.75, 3.05) is 5.32 Å². The number of rotatable bonds is 8. The maximum absolute atomic E-state index is 13.1. The summed E-state index contributed by atoms with van der Waals surface area (Å²) in [6.07, 6.45) is -9.31. The molecule has 3 rings (SSSR count). The normalized spacial score (nSPS) is 12.7. The summed E-state index contributed by atoms with van der Waals surface area (Å²) in [4.78, 5) is 50.5. The molecule has 0 unspecified atom stereocenters. The first-order valence-electron chi connectivity index (χ1n) is 11.1. The lowest BCUT2D eigenvalue weighted by atomic mass is 10.1. The summed E-state index contributed by atoms with van der Waals surface area (Å²) in [6, 6.07) is 15.3. The molecule has 198 valence electrons. The first-order valence-corrected chi connectivity index (χ1v) is 11.1. The molecule has 0 aliphatic rings. The van der Waals surface area contributed by atoms with Crippen LogP contribution in [0.25, 0.3) is 0 Å². The third-order valence-corrected chi connectivity index (χ3v) is 5.28. The number of hydrogen-bond acceptors (Lipinski definition) is 6. The molecule has 0 radical (unpaired) electrons. The zero-order valence-electron chi connectivity index (χ0n) is 20.1. The van der Waals surface area contributed by atoms with E-state index in [1.54, 1.807) is 38.1 Å².